The van der Waals surface area contributed by atoms with Crippen LogP contribution >= 0.6 is 11.3 Å². The van der Waals surface area contributed by atoms with Crippen molar-refractivity contribution in [1.82, 2.24) is 9.97 Å². The molecule has 2 aromatic rings. The standard InChI is InChI=1S/C9H9N3S/c1-7-11-6-9(13-7)12-8-3-2-4-10-5-8/h2-6,12H,1H3. The van der Waals surface area contributed by atoms with E-state index in [1.54, 1.807) is 23.7 Å². The fourth-order valence-electron chi connectivity index (χ4n) is 0.998. The number of anilines is 2. The number of nitrogens with zero attached hydrogens (tertiary/aromatic N) is 2. The molecule has 0 amide bonds. The number of hydrogen-bond acceptors (Lipinski definition) is 4. The van der Waals surface area contributed by atoms with Gasteiger partial charge in [-0.3, -0.25) is 4.98 Å². The number of aromatic nitrogens is 2. The second-order valence-corrected chi connectivity index (χ2v) is 3.85. The number of pyridine rings is 1. The van der Waals surface area contributed by atoms with Gasteiger partial charge in [-0.15, -0.1) is 11.3 Å². The molecular weight excluding hydrogens is 182 g/mol. The van der Waals surface area contributed by atoms with Crippen molar-refractivity contribution in [2.45, 2.75) is 6.92 Å². The molecular formula is C9H9N3S. The van der Waals surface area contributed by atoms with Gasteiger partial charge in [0.1, 0.15) is 5.00 Å². The normalized spacial score (nSPS) is 9.92. The third-order valence-electron chi connectivity index (χ3n) is 1.55. The Morgan fingerprint density at radius 3 is 2.92 bits per heavy atom. The Morgan fingerprint density at radius 1 is 1.38 bits per heavy atom. The lowest BCUT2D eigenvalue weighted by atomic mass is 10.4. The van der Waals surface area contributed by atoms with Crippen molar-refractivity contribution in [3.8, 4) is 0 Å². The summed E-state index contributed by atoms with van der Waals surface area (Å²) in [4.78, 5) is 8.16. The Kier molecular flexibility index (Phi) is 2.23. The molecule has 0 aromatic carbocycles. The number of aryl methyl sites for hydroxylation is 1. The minimum Gasteiger partial charge on any atom is -0.345 e. The lowest BCUT2D eigenvalue weighted by Crippen LogP contribution is -1.86. The van der Waals surface area contributed by atoms with E-state index in [9.17, 15) is 0 Å². The highest BCUT2D eigenvalue weighted by Crippen LogP contribution is 2.21. The highest BCUT2D eigenvalue weighted by atomic mass is 32.1. The van der Waals surface area contributed by atoms with E-state index < -0.39 is 0 Å². The number of rotatable bonds is 2. The number of nitrogens with one attached hydrogen (secondary N) is 1. The number of hydrogen-bond donors (Lipinski definition) is 1. The van der Waals surface area contributed by atoms with Crippen LogP contribution in [-0.2, 0) is 0 Å². The minimum absolute atomic E-state index is 0.992. The van der Waals surface area contributed by atoms with Gasteiger partial charge in [0.2, 0.25) is 0 Å². The smallest absolute Gasteiger partial charge is 0.113 e. The molecule has 0 saturated heterocycles. The first-order valence-corrected chi connectivity index (χ1v) is 4.76. The summed E-state index contributed by atoms with van der Waals surface area (Å²) >= 11 is 1.63. The van der Waals surface area contributed by atoms with Crippen LogP contribution in [0.15, 0.2) is 30.7 Å². The Balaban J connectivity index is 2.15. The first-order chi connectivity index (χ1) is 6.34. The van der Waals surface area contributed by atoms with Crippen LogP contribution in [0, 0.1) is 6.92 Å². The summed E-state index contributed by atoms with van der Waals surface area (Å²) in [5.74, 6) is 0. The second kappa shape index (κ2) is 3.53. The van der Waals surface area contributed by atoms with Crippen LogP contribution in [0.1, 0.15) is 5.01 Å². The van der Waals surface area contributed by atoms with Crippen molar-refractivity contribution >= 4 is 22.0 Å². The highest BCUT2D eigenvalue weighted by Gasteiger charge is 1.97. The van der Waals surface area contributed by atoms with Crippen LogP contribution in [0.5, 0.6) is 0 Å². The van der Waals surface area contributed by atoms with Crippen molar-refractivity contribution in [3.63, 3.8) is 0 Å². The summed E-state index contributed by atoms with van der Waals surface area (Å²) in [6.07, 6.45) is 5.37. The summed E-state index contributed by atoms with van der Waals surface area (Å²) in [5.41, 5.74) is 0.992. The first-order valence-electron chi connectivity index (χ1n) is 3.94. The molecule has 3 nitrogen and oxygen atoms in total. The van der Waals surface area contributed by atoms with E-state index in [1.165, 1.54) is 0 Å². The molecule has 0 bridgehead atoms. The van der Waals surface area contributed by atoms with Gasteiger partial charge in [0.15, 0.2) is 0 Å². The lowest BCUT2D eigenvalue weighted by Gasteiger charge is -1.99. The molecule has 0 aliphatic rings. The topological polar surface area (TPSA) is 37.8 Å². The minimum atomic E-state index is 0.992. The average molecular weight is 191 g/mol. The predicted molar refractivity (Wildman–Crippen MR) is 54.4 cm³/mol. The largest absolute Gasteiger partial charge is 0.345 e. The maximum absolute atomic E-state index is 4.15. The van der Waals surface area contributed by atoms with Crippen molar-refractivity contribution < 1.29 is 0 Å². The van der Waals surface area contributed by atoms with Crippen LogP contribution in [-0.4, -0.2) is 9.97 Å². The van der Waals surface area contributed by atoms with Crippen molar-refractivity contribution in [1.29, 1.82) is 0 Å². The maximum Gasteiger partial charge on any atom is 0.113 e. The zero-order chi connectivity index (χ0) is 9.10. The molecule has 13 heavy (non-hydrogen) atoms. The molecule has 0 aliphatic heterocycles. The Labute approximate surface area is 80.5 Å². The third-order valence-corrected chi connectivity index (χ3v) is 2.38. The highest BCUT2D eigenvalue weighted by molar-refractivity contribution is 7.15. The lowest BCUT2D eigenvalue weighted by molar-refractivity contribution is 1.29. The van der Waals surface area contributed by atoms with Gasteiger partial charge < -0.3 is 5.32 Å². The van der Waals surface area contributed by atoms with Crippen LogP contribution in [0.2, 0.25) is 0 Å². The quantitative estimate of drug-likeness (QED) is 0.792. The van der Waals surface area contributed by atoms with Gasteiger partial charge in [-0.1, -0.05) is 0 Å². The molecule has 0 aliphatic carbocycles. The molecule has 2 heterocycles. The zero-order valence-corrected chi connectivity index (χ0v) is 8.01. The Hall–Kier alpha value is -1.42. The summed E-state index contributed by atoms with van der Waals surface area (Å²) in [6.45, 7) is 1.99. The molecule has 0 unspecified atom stereocenters. The van der Waals surface area contributed by atoms with Gasteiger partial charge in [-0.05, 0) is 19.1 Å². The van der Waals surface area contributed by atoms with Gasteiger partial charge in [-0.25, -0.2) is 4.98 Å². The second-order valence-electron chi connectivity index (χ2n) is 2.61. The van der Waals surface area contributed by atoms with Gasteiger partial charge in [0.25, 0.3) is 0 Å². The predicted octanol–water partition coefficient (Wildman–Crippen LogP) is 2.59. The molecule has 0 radical (unpaired) electrons. The van der Waals surface area contributed by atoms with E-state index >= 15 is 0 Å². The fourth-order valence-corrected chi connectivity index (χ4v) is 1.70. The molecule has 0 atom stereocenters. The molecule has 2 rings (SSSR count). The van der Waals surface area contributed by atoms with Crippen LogP contribution < -0.4 is 5.32 Å². The third kappa shape index (κ3) is 2.03. The van der Waals surface area contributed by atoms with E-state index in [-0.39, 0.29) is 0 Å². The van der Waals surface area contributed by atoms with E-state index in [1.807, 2.05) is 25.3 Å². The summed E-state index contributed by atoms with van der Waals surface area (Å²) in [6, 6.07) is 3.87. The number of thiazole rings is 1. The van der Waals surface area contributed by atoms with Gasteiger partial charge in [0.05, 0.1) is 23.1 Å². The van der Waals surface area contributed by atoms with E-state index in [4.69, 9.17) is 0 Å². The van der Waals surface area contributed by atoms with E-state index in [0.717, 1.165) is 15.7 Å². The molecule has 66 valence electrons. The molecule has 2 aromatic heterocycles. The SMILES string of the molecule is Cc1ncc(Nc2cccnc2)s1. The van der Waals surface area contributed by atoms with Crippen molar-refractivity contribution in [2.75, 3.05) is 5.32 Å². The fraction of sp³-hybridized carbons (Fsp3) is 0.111. The van der Waals surface area contributed by atoms with E-state index in [0.29, 0.717) is 0 Å². The summed E-state index contributed by atoms with van der Waals surface area (Å²) in [7, 11) is 0. The van der Waals surface area contributed by atoms with Gasteiger partial charge >= 0.3 is 0 Å². The van der Waals surface area contributed by atoms with Crippen molar-refractivity contribution in [3.05, 3.63) is 35.7 Å². The molecule has 0 saturated carbocycles. The summed E-state index contributed by atoms with van der Waals surface area (Å²) < 4.78 is 0. The molecule has 4 heteroatoms. The maximum atomic E-state index is 4.15. The van der Waals surface area contributed by atoms with E-state index in [2.05, 4.69) is 15.3 Å². The molecule has 0 fully saturated rings. The van der Waals surface area contributed by atoms with Crippen LogP contribution in [0.25, 0.3) is 0 Å². The Morgan fingerprint density at radius 2 is 2.31 bits per heavy atom. The first kappa shape index (κ1) is 8.19. The van der Waals surface area contributed by atoms with Gasteiger partial charge in [-0.2, -0.15) is 0 Å². The summed E-state index contributed by atoms with van der Waals surface area (Å²) in [5, 5.41) is 5.33. The molecule has 1 N–H and O–H groups in total. The average Bonchev–Trinajstić information content (AvgIpc) is 2.53. The van der Waals surface area contributed by atoms with Crippen molar-refractivity contribution in [2.24, 2.45) is 0 Å². The van der Waals surface area contributed by atoms with Crippen LogP contribution in [0.4, 0.5) is 10.7 Å². The zero-order valence-electron chi connectivity index (χ0n) is 7.19. The van der Waals surface area contributed by atoms with Crippen LogP contribution in [0.3, 0.4) is 0 Å². The van der Waals surface area contributed by atoms with Gasteiger partial charge in [0, 0.05) is 6.20 Å². The monoisotopic (exact) mass is 191 g/mol. The molecule has 0 spiro atoms. The Bertz CT molecular complexity index is 383.